The fourth-order valence-corrected chi connectivity index (χ4v) is 5.01. The van der Waals surface area contributed by atoms with Gasteiger partial charge in [-0.1, -0.05) is 48.0 Å². The van der Waals surface area contributed by atoms with Crippen LogP contribution in [0.15, 0.2) is 48.5 Å². The van der Waals surface area contributed by atoms with Crippen molar-refractivity contribution in [3.05, 3.63) is 70.1 Å². The number of carbonyl (C=O) groups excluding carboxylic acids is 1. The van der Waals surface area contributed by atoms with Gasteiger partial charge in [0.2, 0.25) is 0 Å². The molecule has 1 N–H and O–H groups in total. The quantitative estimate of drug-likeness (QED) is 0.720. The van der Waals surface area contributed by atoms with Crippen molar-refractivity contribution >= 4 is 27.3 Å². The average molecular weight is 395 g/mol. The third-order valence-electron chi connectivity index (χ3n) is 5.47. The van der Waals surface area contributed by atoms with E-state index in [2.05, 4.69) is 54.3 Å². The fraction of sp³-hybridized carbons (Fsp3) is 0.348. The van der Waals surface area contributed by atoms with Gasteiger partial charge in [-0.2, -0.15) is 0 Å². The molecule has 5 heteroatoms. The second-order valence-electron chi connectivity index (χ2n) is 7.43. The van der Waals surface area contributed by atoms with E-state index in [1.807, 2.05) is 11.0 Å². The number of aryl methyl sites for hydroxylation is 1. The Morgan fingerprint density at radius 2 is 1.75 bits per heavy atom. The number of rotatable bonds is 5. The molecular formula is C23H26N2O2S. The Balaban J connectivity index is 1.63. The Hall–Kier alpha value is -2.21. The van der Waals surface area contributed by atoms with Crippen molar-refractivity contribution in [1.82, 2.24) is 9.80 Å². The maximum atomic E-state index is 13.4. The molecule has 2 aromatic carbocycles. The summed E-state index contributed by atoms with van der Waals surface area (Å²) in [5.74, 6) is 0.145. The fourth-order valence-electron chi connectivity index (χ4n) is 3.82. The molecule has 0 saturated carbocycles. The van der Waals surface area contributed by atoms with E-state index in [1.165, 1.54) is 21.2 Å². The molecule has 0 atom stereocenters. The van der Waals surface area contributed by atoms with E-state index in [0.717, 1.165) is 43.0 Å². The maximum Gasteiger partial charge on any atom is 0.264 e. The number of aliphatic hydroxyl groups excluding tert-OH is 1. The first kappa shape index (κ1) is 19.1. The summed E-state index contributed by atoms with van der Waals surface area (Å²) in [7, 11) is 0. The average Bonchev–Trinajstić information content (AvgIpc) is 3.08. The van der Waals surface area contributed by atoms with Gasteiger partial charge in [0.25, 0.3) is 5.91 Å². The smallest absolute Gasteiger partial charge is 0.264 e. The van der Waals surface area contributed by atoms with Gasteiger partial charge in [-0.05, 0) is 35.9 Å². The van der Waals surface area contributed by atoms with Crippen LogP contribution in [0.2, 0.25) is 0 Å². The third-order valence-corrected chi connectivity index (χ3v) is 6.67. The number of hydrogen-bond acceptors (Lipinski definition) is 4. The molecule has 28 heavy (non-hydrogen) atoms. The van der Waals surface area contributed by atoms with Crippen molar-refractivity contribution in [2.24, 2.45) is 0 Å². The van der Waals surface area contributed by atoms with Gasteiger partial charge >= 0.3 is 0 Å². The number of nitrogens with zero attached hydrogens (tertiary/aromatic N) is 2. The Kier molecular flexibility index (Phi) is 5.76. The zero-order chi connectivity index (χ0) is 19.5. The lowest BCUT2D eigenvalue weighted by molar-refractivity contribution is 0.0619. The van der Waals surface area contributed by atoms with Crippen LogP contribution in [0, 0.1) is 6.92 Å². The minimum Gasteiger partial charge on any atom is -0.395 e. The Labute approximate surface area is 170 Å². The van der Waals surface area contributed by atoms with Gasteiger partial charge in [0.15, 0.2) is 0 Å². The maximum absolute atomic E-state index is 13.4. The standard InChI is InChI=1S/C23H26N2O2S/c1-17-6-8-18(9-7-17)16-20-19-4-2-3-5-21(19)28-22(20)23(27)25-12-10-24(11-13-25)14-15-26/h2-9,26H,10-16H2,1H3. The van der Waals surface area contributed by atoms with E-state index >= 15 is 0 Å². The molecule has 1 saturated heterocycles. The van der Waals surface area contributed by atoms with E-state index in [-0.39, 0.29) is 12.5 Å². The summed E-state index contributed by atoms with van der Waals surface area (Å²) in [6.07, 6.45) is 0.774. The van der Waals surface area contributed by atoms with Gasteiger partial charge in [0.1, 0.15) is 0 Å². The van der Waals surface area contributed by atoms with Crippen molar-refractivity contribution in [2.45, 2.75) is 13.3 Å². The molecule has 4 rings (SSSR count). The summed E-state index contributed by atoms with van der Waals surface area (Å²) in [5.41, 5.74) is 3.62. The Morgan fingerprint density at radius 3 is 2.46 bits per heavy atom. The summed E-state index contributed by atoms with van der Waals surface area (Å²) in [5, 5.41) is 10.3. The van der Waals surface area contributed by atoms with Crippen LogP contribution in [-0.4, -0.2) is 60.1 Å². The highest BCUT2D eigenvalue weighted by Crippen LogP contribution is 2.34. The number of hydrogen-bond donors (Lipinski definition) is 1. The van der Waals surface area contributed by atoms with Crippen molar-refractivity contribution in [3.63, 3.8) is 0 Å². The summed E-state index contributed by atoms with van der Waals surface area (Å²) >= 11 is 1.61. The zero-order valence-electron chi connectivity index (χ0n) is 16.2. The summed E-state index contributed by atoms with van der Waals surface area (Å²) < 4.78 is 1.17. The lowest BCUT2D eigenvalue weighted by atomic mass is 10.0. The normalized spacial score (nSPS) is 15.3. The van der Waals surface area contributed by atoms with Crippen molar-refractivity contribution in [3.8, 4) is 0 Å². The Morgan fingerprint density at radius 1 is 1.04 bits per heavy atom. The summed E-state index contributed by atoms with van der Waals surface area (Å²) in [4.78, 5) is 18.4. The van der Waals surface area contributed by atoms with E-state index < -0.39 is 0 Å². The number of carbonyl (C=O) groups is 1. The van der Waals surface area contributed by atoms with E-state index in [9.17, 15) is 4.79 Å². The van der Waals surface area contributed by atoms with Gasteiger partial charge in [-0.15, -0.1) is 11.3 Å². The molecule has 2 heterocycles. The molecule has 3 aromatic rings. The number of piperazine rings is 1. The van der Waals surface area contributed by atoms with Crippen LogP contribution in [0.1, 0.15) is 26.4 Å². The molecule has 1 aliphatic heterocycles. The molecule has 146 valence electrons. The lowest BCUT2D eigenvalue weighted by Gasteiger charge is -2.34. The number of fused-ring (bicyclic) bond motifs is 1. The van der Waals surface area contributed by atoms with Crippen LogP contribution in [0.25, 0.3) is 10.1 Å². The molecule has 1 amide bonds. The predicted molar refractivity (Wildman–Crippen MR) is 115 cm³/mol. The van der Waals surface area contributed by atoms with Crippen LogP contribution in [0.3, 0.4) is 0 Å². The summed E-state index contributed by atoms with van der Waals surface area (Å²) in [6, 6.07) is 16.9. The number of thiophene rings is 1. The van der Waals surface area contributed by atoms with Gasteiger partial charge in [0.05, 0.1) is 11.5 Å². The number of benzene rings is 2. The van der Waals surface area contributed by atoms with E-state index in [4.69, 9.17) is 5.11 Å². The molecule has 0 spiro atoms. The summed E-state index contributed by atoms with van der Waals surface area (Å²) in [6.45, 7) is 6.03. The largest absolute Gasteiger partial charge is 0.395 e. The minimum atomic E-state index is 0.145. The molecule has 1 aromatic heterocycles. The highest BCUT2D eigenvalue weighted by molar-refractivity contribution is 7.21. The Bertz CT molecular complexity index is 956. The SMILES string of the molecule is Cc1ccc(Cc2c(C(=O)N3CCN(CCO)CC3)sc3ccccc23)cc1. The lowest BCUT2D eigenvalue weighted by Crippen LogP contribution is -2.49. The van der Waals surface area contributed by atoms with Crippen LogP contribution in [0.4, 0.5) is 0 Å². The topological polar surface area (TPSA) is 43.8 Å². The molecule has 4 nitrogen and oxygen atoms in total. The highest BCUT2D eigenvalue weighted by atomic mass is 32.1. The first-order valence-electron chi connectivity index (χ1n) is 9.84. The second-order valence-corrected chi connectivity index (χ2v) is 8.48. The van der Waals surface area contributed by atoms with Crippen molar-refractivity contribution in [2.75, 3.05) is 39.3 Å². The zero-order valence-corrected chi connectivity index (χ0v) is 17.0. The number of amides is 1. The third kappa shape index (κ3) is 3.97. The first-order valence-corrected chi connectivity index (χ1v) is 10.7. The van der Waals surface area contributed by atoms with Crippen molar-refractivity contribution < 1.29 is 9.90 Å². The van der Waals surface area contributed by atoms with Gasteiger partial charge in [-0.3, -0.25) is 9.69 Å². The van der Waals surface area contributed by atoms with Gasteiger partial charge in [-0.25, -0.2) is 0 Å². The second kappa shape index (κ2) is 8.43. The first-order chi connectivity index (χ1) is 13.7. The van der Waals surface area contributed by atoms with Gasteiger partial charge in [0, 0.05) is 37.4 Å². The molecule has 1 fully saturated rings. The molecule has 0 radical (unpaired) electrons. The highest BCUT2D eigenvalue weighted by Gasteiger charge is 2.26. The van der Waals surface area contributed by atoms with Gasteiger partial charge < -0.3 is 10.0 Å². The number of β-amino-alcohol motifs (C(OH)–C–C–N with tert-alkyl or cyclic N) is 1. The van der Waals surface area contributed by atoms with Crippen molar-refractivity contribution in [1.29, 1.82) is 0 Å². The van der Waals surface area contributed by atoms with E-state index in [1.54, 1.807) is 11.3 Å². The van der Waals surface area contributed by atoms with Crippen LogP contribution >= 0.6 is 11.3 Å². The molecule has 0 bridgehead atoms. The van der Waals surface area contributed by atoms with E-state index in [0.29, 0.717) is 6.54 Å². The molecular weight excluding hydrogens is 368 g/mol. The van der Waals surface area contributed by atoms with Crippen LogP contribution in [0.5, 0.6) is 0 Å². The minimum absolute atomic E-state index is 0.145. The van der Waals surface area contributed by atoms with Crippen LogP contribution in [-0.2, 0) is 6.42 Å². The molecule has 0 aliphatic carbocycles. The number of aliphatic hydroxyl groups is 1. The monoisotopic (exact) mass is 394 g/mol. The molecule has 0 unspecified atom stereocenters. The predicted octanol–water partition coefficient (Wildman–Crippen LogP) is 3.55. The van der Waals surface area contributed by atoms with Crippen LogP contribution < -0.4 is 0 Å². The molecule has 1 aliphatic rings.